The van der Waals surface area contributed by atoms with Gasteiger partial charge in [-0.2, -0.15) is 0 Å². The maximum absolute atomic E-state index is 9.89. The normalized spacial score (nSPS) is 12.6. The van der Waals surface area contributed by atoms with E-state index in [1.54, 1.807) is 12.4 Å². The molecule has 2 aromatic rings. The van der Waals surface area contributed by atoms with Crippen LogP contribution in [-0.2, 0) is 0 Å². The fraction of sp³-hybridized carbons (Fsp3) is 0.250. The second-order valence-corrected chi connectivity index (χ2v) is 4.49. The van der Waals surface area contributed by atoms with E-state index in [2.05, 4.69) is 9.97 Å². The summed E-state index contributed by atoms with van der Waals surface area (Å²) in [6.45, 7) is 1.97. The van der Waals surface area contributed by atoms with E-state index in [0.29, 0.717) is 0 Å². The van der Waals surface area contributed by atoms with Gasteiger partial charge in [-0.15, -0.1) is 0 Å². The summed E-state index contributed by atoms with van der Waals surface area (Å²) in [6, 6.07) is 7.87. The standard InChI is InChI=1S/C12H14N2OS/c1-2-10(15)9-5-3-4-6-11(9)16-12-13-7-8-14-12/h3-8,10,15H,2H2,1H3,(H,13,14)/t10-/m0/s1. The SMILES string of the molecule is CC[C@H](O)c1ccccc1Sc1ncc[nH]1. The van der Waals surface area contributed by atoms with Gasteiger partial charge in [0.15, 0.2) is 5.16 Å². The molecule has 0 bridgehead atoms. The summed E-state index contributed by atoms with van der Waals surface area (Å²) in [4.78, 5) is 8.25. The number of imidazole rings is 1. The van der Waals surface area contributed by atoms with Crippen LogP contribution in [-0.4, -0.2) is 15.1 Å². The lowest BCUT2D eigenvalue weighted by molar-refractivity contribution is 0.171. The van der Waals surface area contributed by atoms with Crippen molar-refractivity contribution in [3.05, 3.63) is 42.2 Å². The molecule has 0 saturated heterocycles. The predicted molar refractivity (Wildman–Crippen MR) is 64.4 cm³/mol. The third kappa shape index (κ3) is 2.46. The molecule has 2 rings (SSSR count). The molecular weight excluding hydrogens is 220 g/mol. The van der Waals surface area contributed by atoms with E-state index in [1.165, 1.54) is 11.8 Å². The molecular formula is C12H14N2OS. The molecule has 0 fully saturated rings. The van der Waals surface area contributed by atoms with Crippen LogP contribution >= 0.6 is 11.8 Å². The average Bonchev–Trinajstić information content (AvgIpc) is 2.82. The lowest BCUT2D eigenvalue weighted by Gasteiger charge is -2.12. The van der Waals surface area contributed by atoms with Crippen molar-refractivity contribution >= 4 is 11.8 Å². The van der Waals surface area contributed by atoms with Gasteiger partial charge >= 0.3 is 0 Å². The summed E-state index contributed by atoms with van der Waals surface area (Å²) in [5, 5.41) is 10.7. The number of aliphatic hydroxyl groups is 1. The second kappa shape index (κ2) is 5.18. The Balaban J connectivity index is 2.26. The smallest absolute Gasteiger partial charge is 0.170 e. The molecule has 16 heavy (non-hydrogen) atoms. The summed E-state index contributed by atoms with van der Waals surface area (Å²) in [7, 11) is 0. The van der Waals surface area contributed by atoms with E-state index >= 15 is 0 Å². The lowest BCUT2D eigenvalue weighted by atomic mass is 10.1. The Kier molecular flexibility index (Phi) is 3.64. The molecule has 4 heteroatoms. The van der Waals surface area contributed by atoms with E-state index in [0.717, 1.165) is 22.0 Å². The van der Waals surface area contributed by atoms with Crippen molar-refractivity contribution in [1.82, 2.24) is 9.97 Å². The van der Waals surface area contributed by atoms with E-state index in [1.807, 2.05) is 31.2 Å². The first-order chi connectivity index (χ1) is 7.81. The summed E-state index contributed by atoms with van der Waals surface area (Å²) >= 11 is 1.54. The summed E-state index contributed by atoms with van der Waals surface area (Å²) in [5.74, 6) is 0. The zero-order chi connectivity index (χ0) is 11.4. The number of aromatic amines is 1. The Hall–Kier alpha value is -1.26. The molecule has 0 aliphatic rings. The third-order valence-electron chi connectivity index (χ3n) is 2.34. The van der Waals surface area contributed by atoms with Crippen LogP contribution in [0.1, 0.15) is 25.0 Å². The Bertz CT molecular complexity index is 442. The van der Waals surface area contributed by atoms with Crippen LogP contribution in [0.3, 0.4) is 0 Å². The maximum Gasteiger partial charge on any atom is 0.170 e. The van der Waals surface area contributed by atoms with Crippen LogP contribution in [0.25, 0.3) is 0 Å². The lowest BCUT2D eigenvalue weighted by Crippen LogP contribution is -1.97. The first kappa shape index (κ1) is 11.2. The number of benzene rings is 1. The molecule has 0 unspecified atom stereocenters. The number of H-pyrrole nitrogens is 1. The first-order valence-electron chi connectivity index (χ1n) is 5.25. The third-order valence-corrected chi connectivity index (χ3v) is 3.35. The van der Waals surface area contributed by atoms with Crippen LogP contribution in [0.15, 0.2) is 46.7 Å². The Morgan fingerprint density at radius 3 is 2.94 bits per heavy atom. The Morgan fingerprint density at radius 2 is 2.25 bits per heavy atom. The second-order valence-electron chi connectivity index (χ2n) is 3.46. The van der Waals surface area contributed by atoms with Crippen molar-refractivity contribution in [3.63, 3.8) is 0 Å². The number of hydrogen-bond acceptors (Lipinski definition) is 3. The van der Waals surface area contributed by atoms with Crippen LogP contribution in [0.2, 0.25) is 0 Å². The van der Waals surface area contributed by atoms with Gasteiger partial charge in [0.1, 0.15) is 0 Å². The van der Waals surface area contributed by atoms with Crippen molar-refractivity contribution in [1.29, 1.82) is 0 Å². The maximum atomic E-state index is 9.89. The molecule has 0 aliphatic carbocycles. The minimum Gasteiger partial charge on any atom is -0.388 e. The van der Waals surface area contributed by atoms with E-state index < -0.39 is 6.10 Å². The fourth-order valence-corrected chi connectivity index (χ4v) is 2.40. The summed E-state index contributed by atoms with van der Waals surface area (Å²) < 4.78 is 0. The number of aromatic nitrogens is 2. The van der Waals surface area contributed by atoms with Gasteiger partial charge in [0.25, 0.3) is 0 Å². The highest BCUT2D eigenvalue weighted by Crippen LogP contribution is 2.32. The topological polar surface area (TPSA) is 48.9 Å². The van der Waals surface area contributed by atoms with Crippen LogP contribution in [0.5, 0.6) is 0 Å². The quantitative estimate of drug-likeness (QED) is 0.855. The van der Waals surface area contributed by atoms with E-state index in [9.17, 15) is 5.11 Å². The molecule has 3 nitrogen and oxygen atoms in total. The van der Waals surface area contributed by atoms with Crippen molar-refractivity contribution < 1.29 is 5.11 Å². The van der Waals surface area contributed by atoms with Gasteiger partial charge in [0, 0.05) is 17.3 Å². The van der Waals surface area contributed by atoms with Gasteiger partial charge in [-0.05, 0) is 18.1 Å². The molecule has 1 aromatic carbocycles. The minimum atomic E-state index is -0.404. The number of hydrogen-bond donors (Lipinski definition) is 2. The molecule has 1 heterocycles. The molecule has 1 aromatic heterocycles. The van der Waals surface area contributed by atoms with E-state index in [4.69, 9.17) is 0 Å². The van der Waals surface area contributed by atoms with Crippen molar-refractivity contribution in [3.8, 4) is 0 Å². The first-order valence-corrected chi connectivity index (χ1v) is 6.07. The summed E-state index contributed by atoms with van der Waals surface area (Å²) in [5.41, 5.74) is 0.964. The molecule has 1 atom stereocenters. The average molecular weight is 234 g/mol. The molecule has 0 amide bonds. The van der Waals surface area contributed by atoms with Crippen molar-refractivity contribution in [2.75, 3.05) is 0 Å². The van der Waals surface area contributed by atoms with Crippen molar-refractivity contribution in [2.45, 2.75) is 29.5 Å². The minimum absolute atomic E-state index is 0.404. The molecule has 0 radical (unpaired) electrons. The summed E-state index contributed by atoms with van der Waals surface area (Å²) in [6.07, 6.45) is 3.83. The van der Waals surface area contributed by atoms with Gasteiger partial charge in [-0.25, -0.2) is 4.98 Å². The number of aliphatic hydroxyl groups excluding tert-OH is 1. The molecule has 0 saturated carbocycles. The predicted octanol–water partition coefficient (Wildman–Crippen LogP) is 3.00. The fourth-order valence-electron chi connectivity index (χ4n) is 1.48. The molecule has 2 N–H and O–H groups in total. The van der Waals surface area contributed by atoms with E-state index in [-0.39, 0.29) is 0 Å². The van der Waals surface area contributed by atoms with Gasteiger partial charge < -0.3 is 10.1 Å². The van der Waals surface area contributed by atoms with Crippen LogP contribution in [0, 0.1) is 0 Å². The highest BCUT2D eigenvalue weighted by molar-refractivity contribution is 7.99. The van der Waals surface area contributed by atoms with Crippen molar-refractivity contribution in [2.24, 2.45) is 0 Å². The Morgan fingerprint density at radius 1 is 1.44 bits per heavy atom. The van der Waals surface area contributed by atoms with Gasteiger partial charge in [0.2, 0.25) is 0 Å². The largest absolute Gasteiger partial charge is 0.388 e. The number of nitrogens with zero attached hydrogens (tertiary/aromatic N) is 1. The van der Waals surface area contributed by atoms with Crippen LogP contribution < -0.4 is 0 Å². The Labute approximate surface area is 98.9 Å². The zero-order valence-corrected chi connectivity index (χ0v) is 9.87. The number of rotatable bonds is 4. The number of nitrogens with one attached hydrogen (secondary N) is 1. The van der Waals surface area contributed by atoms with Crippen LogP contribution in [0.4, 0.5) is 0 Å². The highest BCUT2D eigenvalue weighted by Gasteiger charge is 2.11. The monoisotopic (exact) mass is 234 g/mol. The van der Waals surface area contributed by atoms with Gasteiger partial charge in [-0.1, -0.05) is 36.9 Å². The zero-order valence-electron chi connectivity index (χ0n) is 9.05. The van der Waals surface area contributed by atoms with Gasteiger partial charge in [-0.3, -0.25) is 0 Å². The molecule has 0 aliphatic heterocycles. The molecule has 0 spiro atoms. The van der Waals surface area contributed by atoms with Gasteiger partial charge in [0.05, 0.1) is 6.10 Å². The molecule has 84 valence electrons. The highest BCUT2D eigenvalue weighted by atomic mass is 32.2.